The molecule has 1 N–H and O–H groups in total. The highest BCUT2D eigenvalue weighted by Crippen LogP contribution is 2.29. The lowest BCUT2D eigenvalue weighted by Crippen LogP contribution is -2.40. The minimum atomic E-state index is -3.62. The molecule has 3 aromatic rings. The van der Waals surface area contributed by atoms with Crippen LogP contribution in [0.5, 0.6) is 0 Å². The summed E-state index contributed by atoms with van der Waals surface area (Å²) in [6.07, 6.45) is 2.56. The van der Waals surface area contributed by atoms with E-state index in [2.05, 4.69) is 5.32 Å². The van der Waals surface area contributed by atoms with Crippen LogP contribution in [0.4, 0.5) is 5.69 Å². The second-order valence-electron chi connectivity index (χ2n) is 9.04. The van der Waals surface area contributed by atoms with Crippen molar-refractivity contribution in [2.45, 2.75) is 4.90 Å². The molecule has 5 rings (SSSR count). The van der Waals surface area contributed by atoms with Gasteiger partial charge in [-0.15, -0.1) is 0 Å². The number of nitrogens with one attached hydrogen (secondary N) is 1. The lowest BCUT2D eigenvalue weighted by atomic mass is 9.84. The first kappa shape index (κ1) is 27.1. The summed E-state index contributed by atoms with van der Waals surface area (Å²) in [5, 5.41) is 2.56. The summed E-state index contributed by atoms with van der Waals surface area (Å²) in [6, 6.07) is 17.0. The number of carbonyl (C=O) groups is 4. The van der Waals surface area contributed by atoms with Gasteiger partial charge in [0.25, 0.3) is 5.91 Å². The molecule has 10 nitrogen and oxygen atoms in total. The van der Waals surface area contributed by atoms with E-state index in [1.54, 1.807) is 36.4 Å². The first-order chi connectivity index (χ1) is 19.2. The van der Waals surface area contributed by atoms with Gasteiger partial charge in [-0.05, 0) is 42.0 Å². The number of anilines is 1. The van der Waals surface area contributed by atoms with Crippen molar-refractivity contribution in [3.05, 3.63) is 101 Å². The Hall–Kier alpha value is -4.45. The van der Waals surface area contributed by atoms with Gasteiger partial charge in [-0.3, -0.25) is 14.4 Å². The second kappa shape index (κ2) is 11.3. The number of esters is 1. The van der Waals surface area contributed by atoms with E-state index in [0.29, 0.717) is 43.0 Å². The number of rotatable bonds is 7. The van der Waals surface area contributed by atoms with Crippen molar-refractivity contribution < 1.29 is 37.1 Å². The smallest absolute Gasteiger partial charge is 0.331 e. The zero-order valence-electron chi connectivity index (χ0n) is 21.2. The molecule has 204 valence electrons. The fourth-order valence-electron chi connectivity index (χ4n) is 4.41. The van der Waals surface area contributed by atoms with Gasteiger partial charge in [-0.25, -0.2) is 13.2 Å². The predicted molar refractivity (Wildman–Crippen MR) is 144 cm³/mol. The Morgan fingerprint density at radius 1 is 0.875 bits per heavy atom. The number of hydrogen-bond acceptors (Lipinski definition) is 8. The fourth-order valence-corrected chi connectivity index (χ4v) is 5.82. The Bertz CT molecular complexity index is 1640. The van der Waals surface area contributed by atoms with Gasteiger partial charge >= 0.3 is 5.97 Å². The molecule has 1 saturated heterocycles. The third-order valence-corrected chi connectivity index (χ3v) is 8.37. The number of sulfonamides is 1. The van der Waals surface area contributed by atoms with E-state index < -0.39 is 28.5 Å². The summed E-state index contributed by atoms with van der Waals surface area (Å²) in [7, 11) is -3.62. The third-order valence-electron chi connectivity index (χ3n) is 6.45. The average Bonchev–Trinajstić information content (AvgIpc) is 2.98. The van der Waals surface area contributed by atoms with Gasteiger partial charge in [0.2, 0.25) is 10.0 Å². The van der Waals surface area contributed by atoms with Crippen LogP contribution in [0.15, 0.2) is 77.7 Å². The highest BCUT2D eigenvalue weighted by Gasteiger charge is 2.29. The summed E-state index contributed by atoms with van der Waals surface area (Å²) in [4.78, 5) is 50.2. The van der Waals surface area contributed by atoms with Gasteiger partial charge in [0.05, 0.1) is 18.1 Å². The van der Waals surface area contributed by atoms with Gasteiger partial charge < -0.3 is 14.8 Å². The number of nitrogens with zero attached hydrogens (tertiary/aromatic N) is 1. The molecule has 40 heavy (non-hydrogen) atoms. The molecule has 0 atom stereocenters. The van der Waals surface area contributed by atoms with Gasteiger partial charge in [0.15, 0.2) is 18.2 Å². The predicted octanol–water partition coefficient (Wildman–Crippen LogP) is 2.68. The van der Waals surface area contributed by atoms with Crippen molar-refractivity contribution in [3.63, 3.8) is 0 Å². The zero-order valence-corrected chi connectivity index (χ0v) is 22.0. The van der Waals surface area contributed by atoms with Crippen LogP contribution in [0, 0.1) is 0 Å². The molecular weight excluding hydrogens is 536 g/mol. The van der Waals surface area contributed by atoms with E-state index in [1.165, 1.54) is 40.7 Å². The number of ketones is 2. The minimum Gasteiger partial charge on any atom is -0.452 e. The SMILES string of the molecule is O=C(COC(=O)C=Cc1ccc(S(=O)(=O)N2CCOCC2)cc1)Nc1ccc2c(c1)C(=O)c1ccccc1C2=O. The van der Waals surface area contributed by atoms with Gasteiger partial charge in [-0.2, -0.15) is 4.31 Å². The highest BCUT2D eigenvalue weighted by atomic mass is 32.2. The number of morpholine rings is 1. The fraction of sp³-hybridized carbons (Fsp3) is 0.172. The number of benzene rings is 3. The van der Waals surface area contributed by atoms with Crippen LogP contribution >= 0.6 is 0 Å². The maximum atomic E-state index is 12.9. The number of carbonyl (C=O) groups excluding carboxylic acids is 4. The molecule has 0 unspecified atom stereocenters. The van der Waals surface area contributed by atoms with Crippen molar-refractivity contribution in [1.82, 2.24) is 4.31 Å². The Labute approximate surface area is 230 Å². The molecule has 1 fully saturated rings. The summed E-state index contributed by atoms with van der Waals surface area (Å²) < 4.78 is 37.0. The van der Waals surface area contributed by atoms with Gasteiger partial charge in [0.1, 0.15) is 0 Å². The average molecular weight is 561 g/mol. The van der Waals surface area contributed by atoms with E-state index in [0.717, 1.165) is 6.08 Å². The number of amides is 1. The quantitative estimate of drug-likeness (QED) is 0.269. The normalized spacial score (nSPS) is 15.4. The Morgan fingerprint density at radius 3 is 2.17 bits per heavy atom. The lowest BCUT2D eigenvalue weighted by molar-refractivity contribution is -0.142. The highest BCUT2D eigenvalue weighted by molar-refractivity contribution is 7.89. The number of fused-ring (bicyclic) bond motifs is 2. The van der Waals surface area contributed by atoms with Crippen molar-refractivity contribution in [1.29, 1.82) is 0 Å². The van der Waals surface area contributed by atoms with Crippen LogP contribution in [-0.2, 0) is 29.1 Å². The minimum absolute atomic E-state index is 0.142. The lowest BCUT2D eigenvalue weighted by Gasteiger charge is -2.26. The van der Waals surface area contributed by atoms with Crippen molar-refractivity contribution >= 4 is 45.2 Å². The molecule has 1 aliphatic carbocycles. The van der Waals surface area contributed by atoms with Crippen LogP contribution in [0.25, 0.3) is 6.08 Å². The molecule has 1 aliphatic heterocycles. The standard InChI is InChI=1S/C29H24N2O8S/c32-26(30-20-8-11-24-25(17-20)29(35)23-4-2-1-3-22(23)28(24)34)18-39-27(33)12-7-19-5-9-21(10-6-19)40(36,37)31-13-15-38-16-14-31/h1-12,17H,13-16,18H2,(H,30,32). The van der Waals surface area contributed by atoms with Gasteiger partial charge in [0, 0.05) is 47.1 Å². The molecule has 3 aromatic carbocycles. The van der Waals surface area contributed by atoms with E-state index >= 15 is 0 Å². The Balaban J connectivity index is 1.15. The van der Waals surface area contributed by atoms with Crippen molar-refractivity contribution in [3.8, 4) is 0 Å². The van der Waals surface area contributed by atoms with E-state index in [9.17, 15) is 27.6 Å². The molecular formula is C29H24N2O8S. The van der Waals surface area contributed by atoms with Crippen LogP contribution in [0.3, 0.4) is 0 Å². The Kier molecular flexibility index (Phi) is 7.69. The number of ether oxygens (including phenoxy) is 2. The molecule has 1 heterocycles. The maximum Gasteiger partial charge on any atom is 0.331 e. The molecule has 0 saturated carbocycles. The monoisotopic (exact) mass is 560 g/mol. The van der Waals surface area contributed by atoms with Gasteiger partial charge in [-0.1, -0.05) is 36.4 Å². The van der Waals surface area contributed by atoms with Crippen LogP contribution in [0.2, 0.25) is 0 Å². The third kappa shape index (κ3) is 5.62. The topological polar surface area (TPSA) is 136 Å². The van der Waals surface area contributed by atoms with Crippen molar-refractivity contribution in [2.24, 2.45) is 0 Å². The van der Waals surface area contributed by atoms with Crippen LogP contribution in [0.1, 0.15) is 37.4 Å². The largest absolute Gasteiger partial charge is 0.452 e. The molecule has 2 aliphatic rings. The zero-order chi connectivity index (χ0) is 28.3. The summed E-state index contributed by atoms with van der Waals surface area (Å²) in [5.74, 6) is -1.99. The van der Waals surface area contributed by atoms with Crippen LogP contribution in [-0.4, -0.2) is 69.1 Å². The maximum absolute atomic E-state index is 12.9. The Morgan fingerprint density at radius 2 is 1.50 bits per heavy atom. The van der Waals surface area contributed by atoms with Crippen molar-refractivity contribution in [2.75, 3.05) is 38.2 Å². The summed E-state index contributed by atoms with van der Waals surface area (Å²) in [6.45, 7) is 0.712. The van der Waals surface area contributed by atoms with E-state index in [1.807, 2.05) is 0 Å². The molecule has 0 spiro atoms. The van der Waals surface area contributed by atoms with E-state index in [-0.39, 0.29) is 33.3 Å². The molecule has 1 amide bonds. The van der Waals surface area contributed by atoms with Crippen LogP contribution < -0.4 is 5.32 Å². The molecule has 11 heteroatoms. The van der Waals surface area contributed by atoms with E-state index in [4.69, 9.17) is 9.47 Å². The molecule has 0 aromatic heterocycles. The first-order valence-corrected chi connectivity index (χ1v) is 13.8. The first-order valence-electron chi connectivity index (χ1n) is 12.4. The summed E-state index contributed by atoms with van der Waals surface area (Å²) in [5.41, 5.74) is 1.93. The number of hydrogen-bond donors (Lipinski definition) is 1. The molecule has 0 radical (unpaired) electrons. The second-order valence-corrected chi connectivity index (χ2v) is 11.0. The summed E-state index contributed by atoms with van der Waals surface area (Å²) >= 11 is 0. The molecule has 0 bridgehead atoms.